The molecule has 0 aromatic heterocycles. The summed E-state index contributed by atoms with van der Waals surface area (Å²) >= 11 is 0. The molecule has 3 amide bonds. The van der Waals surface area contributed by atoms with Gasteiger partial charge in [-0.2, -0.15) is 0 Å². The second kappa shape index (κ2) is 10.7. The third kappa shape index (κ3) is 4.81. The van der Waals surface area contributed by atoms with Gasteiger partial charge in [0, 0.05) is 38.0 Å². The molecule has 192 valence electrons. The minimum absolute atomic E-state index is 0.106. The first-order chi connectivity index (χ1) is 17.3. The summed E-state index contributed by atoms with van der Waals surface area (Å²) in [5, 5.41) is 0. The highest BCUT2D eigenvalue weighted by atomic mass is 19.1. The van der Waals surface area contributed by atoms with E-state index in [1.165, 1.54) is 35.1 Å². The van der Waals surface area contributed by atoms with Gasteiger partial charge >= 0.3 is 0 Å². The van der Waals surface area contributed by atoms with Crippen LogP contribution in [0.5, 0.6) is 11.5 Å². The number of hydrogen-bond donors (Lipinski definition) is 0. The van der Waals surface area contributed by atoms with Crippen molar-refractivity contribution in [1.29, 1.82) is 0 Å². The fourth-order valence-corrected chi connectivity index (χ4v) is 5.50. The number of carbonyl (C=O) groups is 3. The predicted molar refractivity (Wildman–Crippen MR) is 132 cm³/mol. The molecule has 1 atom stereocenters. The molecule has 2 fully saturated rings. The second-order valence-electron chi connectivity index (χ2n) is 9.72. The van der Waals surface area contributed by atoms with Crippen LogP contribution in [0.1, 0.15) is 56.1 Å². The molecular formula is C28H33FN2O5. The van der Waals surface area contributed by atoms with Crippen molar-refractivity contribution in [2.75, 3.05) is 21.3 Å². The number of rotatable bonds is 8. The summed E-state index contributed by atoms with van der Waals surface area (Å²) in [6.07, 6.45) is 3.97. The monoisotopic (exact) mass is 496 g/mol. The van der Waals surface area contributed by atoms with Gasteiger partial charge < -0.3 is 14.4 Å². The molecule has 7 nitrogen and oxygen atoms in total. The Balaban J connectivity index is 1.62. The summed E-state index contributed by atoms with van der Waals surface area (Å²) in [4.78, 5) is 43.4. The molecule has 0 spiro atoms. The molecular weight excluding hydrogens is 463 g/mol. The number of benzene rings is 2. The average molecular weight is 497 g/mol. The van der Waals surface area contributed by atoms with Gasteiger partial charge in [0.25, 0.3) is 0 Å². The molecule has 0 unspecified atom stereocenters. The molecule has 2 aromatic rings. The Morgan fingerprint density at radius 3 is 2.42 bits per heavy atom. The van der Waals surface area contributed by atoms with E-state index in [0.29, 0.717) is 11.5 Å². The van der Waals surface area contributed by atoms with Crippen molar-refractivity contribution in [3.8, 4) is 11.5 Å². The van der Waals surface area contributed by atoms with E-state index in [9.17, 15) is 14.4 Å². The zero-order valence-electron chi connectivity index (χ0n) is 21.1. The van der Waals surface area contributed by atoms with Crippen LogP contribution in [0.2, 0.25) is 0 Å². The number of amides is 3. The molecule has 0 N–H and O–H groups in total. The summed E-state index contributed by atoms with van der Waals surface area (Å²) in [6, 6.07) is 11.2. The first-order valence-electron chi connectivity index (χ1n) is 12.4. The standard InChI is InChI=1S/C28H33FN2O5/c1-30(18-19-13-14-23(35-2)24(15-19)36-3)25(32)16-28(21-11-7-8-12-22(21)29)17-26(33)31(27(28)34)20-9-5-4-6-10-20/h7-8,11-15,20H,4-6,9-10,16-18H2,1-3H3/t28-/m1/s1. The zero-order chi connectivity index (χ0) is 25.9. The first kappa shape index (κ1) is 25.7. The molecule has 1 aliphatic carbocycles. The number of halogens is 1. The van der Waals surface area contributed by atoms with E-state index in [1.807, 2.05) is 6.07 Å². The number of hydrogen-bond acceptors (Lipinski definition) is 5. The lowest BCUT2D eigenvalue weighted by molar-refractivity contribution is -0.145. The summed E-state index contributed by atoms with van der Waals surface area (Å²) in [7, 11) is 4.72. The SMILES string of the molecule is COc1ccc(CN(C)C(=O)C[C@]2(c3ccccc3F)CC(=O)N(C3CCCCC3)C2=O)cc1OC. The minimum atomic E-state index is -1.55. The summed E-state index contributed by atoms with van der Waals surface area (Å²) in [6.45, 7) is 0.251. The first-order valence-corrected chi connectivity index (χ1v) is 12.4. The van der Waals surface area contributed by atoms with Crippen molar-refractivity contribution in [3.63, 3.8) is 0 Å². The number of carbonyl (C=O) groups excluding carboxylic acids is 3. The molecule has 1 heterocycles. The number of nitrogens with zero attached hydrogens (tertiary/aromatic N) is 2. The van der Waals surface area contributed by atoms with Crippen LogP contribution in [0, 0.1) is 5.82 Å². The normalized spacial score (nSPS) is 20.5. The van der Waals surface area contributed by atoms with Crippen molar-refractivity contribution in [2.45, 2.75) is 62.9 Å². The molecule has 2 aliphatic rings. The number of ether oxygens (including phenoxy) is 2. The molecule has 2 aromatic carbocycles. The van der Waals surface area contributed by atoms with E-state index in [1.54, 1.807) is 32.4 Å². The van der Waals surface area contributed by atoms with Crippen molar-refractivity contribution in [3.05, 3.63) is 59.4 Å². The van der Waals surface area contributed by atoms with E-state index >= 15 is 4.39 Å². The lowest BCUT2D eigenvalue weighted by Crippen LogP contribution is -2.47. The number of methoxy groups -OCH3 is 2. The lowest BCUT2D eigenvalue weighted by Gasteiger charge is -2.33. The average Bonchev–Trinajstić information content (AvgIpc) is 3.13. The fraction of sp³-hybridized carbons (Fsp3) is 0.464. The Morgan fingerprint density at radius 1 is 1.06 bits per heavy atom. The Kier molecular flexibility index (Phi) is 7.62. The van der Waals surface area contributed by atoms with Crippen molar-refractivity contribution >= 4 is 17.7 Å². The van der Waals surface area contributed by atoms with E-state index in [2.05, 4.69) is 0 Å². The topological polar surface area (TPSA) is 76.2 Å². The molecule has 1 saturated carbocycles. The Hall–Kier alpha value is -3.42. The quantitative estimate of drug-likeness (QED) is 0.512. The number of imide groups is 1. The Bertz CT molecular complexity index is 1150. The second-order valence-corrected chi connectivity index (χ2v) is 9.72. The van der Waals surface area contributed by atoms with Crippen molar-refractivity contribution in [1.82, 2.24) is 9.80 Å². The van der Waals surface area contributed by atoms with Gasteiger partial charge in [0.05, 0.1) is 19.6 Å². The van der Waals surface area contributed by atoms with Gasteiger partial charge in [-0.1, -0.05) is 43.5 Å². The van der Waals surface area contributed by atoms with Crippen LogP contribution in [-0.4, -0.2) is 54.8 Å². The molecule has 4 rings (SSSR count). The maximum absolute atomic E-state index is 15.1. The molecule has 8 heteroatoms. The van der Waals surface area contributed by atoms with Crippen LogP contribution >= 0.6 is 0 Å². The highest BCUT2D eigenvalue weighted by molar-refractivity contribution is 6.11. The lowest BCUT2D eigenvalue weighted by atomic mass is 9.75. The third-order valence-corrected chi connectivity index (χ3v) is 7.43. The summed E-state index contributed by atoms with van der Waals surface area (Å²) < 4.78 is 25.7. The number of likely N-dealkylation sites (tertiary alicyclic amines) is 1. The smallest absolute Gasteiger partial charge is 0.241 e. The van der Waals surface area contributed by atoms with Crippen LogP contribution in [0.15, 0.2) is 42.5 Å². The van der Waals surface area contributed by atoms with E-state index in [-0.39, 0.29) is 42.8 Å². The van der Waals surface area contributed by atoms with Gasteiger partial charge in [-0.15, -0.1) is 0 Å². The van der Waals surface area contributed by atoms with Crippen LogP contribution in [0.3, 0.4) is 0 Å². The van der Waals surface area contributed by atoms with Gasteiger partial charge in [0.15, 0.2) is 11.5 Å². The summed E-state index contributed by atoms with van der Waals surface area (Å²) in [5.74, 6) is -0.605. The fourth-order valence-electron chi connectivity index (χ4n) is 5.50. The maximum Gasteiger partial charge on any atom is 0.241 e. The minimum Gasteiger partial charge on any atom is -0.493 e. The Labute approximate surface area is 211 Å². The van der Waals surface area contributed by atoms with Crippen LogP contribution < -0.4 is 9.47 Å². The van der Waals surface area contributed by atoms with Gasteiger partial charge in [-0.25, -0.2) is 4.39 Å². The van der Waals surface area contributed by atoms with Gasteiger partial charge in [-0.3, -0.25) is 19.3 Å². The maximum atomic E-state index is 15.1. The van der Waals surface area contributed by atoms with Crippen molar-refractivity contribution < 1.29 is 28.2 Å². The Morgan fingerprint density at radius 2 is 1.75 bits per heavy atom. The molecule has 36 heavy (non-hydrogen) atoms. The largest absolute Gasteiger partial charge is 0.493 e. The highest BCUT2D eigenvalue weighted by Gasteiger charge is 2.56. The molecule has 0 bridgehead atoms. The van der Waals surface area contributed by atoms with Gasteiger partial charge in [-0.05, 0) is 36.6 Å². The van der Waals surface area contributed by atoms with Crippen molar-refractivity contribution in [2.24, 2.45) is 0 Å². The third-order valence-electron chi connectivity index (χ3n) is 7.43. The summed E-state index contributed by atoms with van der Waals surface area (Å²) in [5.41, 5.74) is -0.640. The van der Waals surface area contributed by atoms with E-state index in [0.717, 1.165) is 37.7 Å². The van der Waals surface area contributed by atoms with Gasteiger partial charge in [0.2, 0.25) is 17.7 Å². The van der Waals surface area contributed by atoms with Crippen LogP contribution in [-0.2, 0) is 26.3 Å². The zero-order valence-corrected chi connectivity index (χ0v) is 21.1. The van der Waals surface area contributed by atoms with E-state index in [4.69, 9.17) is 9.47 Å². The van der Waals surface area contributed by atoms with Gasteiger partial charge in [0.1, 0.15) is 5.82 Å². The molecule has 0 radical (unpaired) electrons. The predicted octanol–water partition coefficient (Wildman–Crippen LogP) is 4.22. The highest BCUT2D eigenvalue weighted by Crippen LogP contribution is 2.43. The molecule has 1 aliphatic heterocycles. The molecule has 1 saturated heterocycles. The van der Waals surface area contributed by atoms with E-state index < -0.39 is 17.1 Å². The van der Waals surface area contributed by atoms with Crippen LogP contribution in [0.25, 0.3) is 0 Å². The van der Waals surface area contributed by atoms with Crippen LogP contribution in [0.4, 0.5) is 4.39 Å².